The molecular formula is C8H13N3O2S. The van der Waals surface area contributed by atoms with E-state index in [4.69, 9.17) is 0 Å². The first-order valence-electron chi connectivity index (χ1n) is 4.20. The molecule has 0 fully saturated rings. The number of carbonyl (C=O) groups excluding carboxylic acids is 1. The molecule has 0 aliphatic rings. The number of aliphatic hydroxyl groups is 1. The van der Waals surface area contributed by atoms with E-state index in [0.717, 1.165) is 11.5 Å². The maximum absolute atomic E-state index is 11.5. The highest BCUT2D eigenvalue weighted by molar-refractivity contribution is 7.07. The number of aromatic nitrogens is 2. The third kappa shape index (κ3) is 3.04. The zero-order valence-electron chi connectivity index (χ0n) is 8.37. The molecule has 14 heavy (non-hydrogen) atoms. The van der Waals surface area contributed by atoms with Crippen molar-refractivity contribution < 1.29 is 9.90 Å². The van der Waals surface area contributed by atoms with Crippen molar-refractivity contribution in [1.29, 1.82) is 0 Å². The summed E-state index contributed by atoms with van der Waals surface area (Å²) in [6, 6.07) is 0. The Labute approximate surface area is 86.3 Å². The molecule has 1 amide bonds. The zero-order chi connectivity index (χ0) is 10.8. The summed E-state index contributed by atoms with van der Waals surface area (Å²) in [5, 5.41) is 15.7. The number of nitrogens with zero attached hydrogens (tertiary/aromatic N) is 2. The maximum Gasteiger partial charge on any atom is 0.265 e. The van der Waals surface area contributed by atoms with Crippen molar-refractivity contribution in [2.24, 2.45) is 0 Å². The van der Waals surface area contributed by atoms with Gasteiger partial charge in [0.2, 0.25) is 0 Å². The van der Waals surface area contributed by atoms with Gasteiger partial charge in [-0.1, -0.05) is 4.49 Å². The number of carbonyl (C=O) groups is 1. The first-order chi connectivity index (χ1) is 6.40. The van der Waals surface area contributed by atoms with E-state index in [1.54, 1.807) is 20.8 Å². The van der Waals surface area contributed by atoms with Crippen molar-refractivity contribution in [1.82, 2.24) is 14.9 Å². The standard InChI is InChI=1S/C8H13N3O2S/c1-5-6(14-11-10-5)7(12)9-4-8(2,3)13/h13H,4H2,1-3H3,(H,9,12). The molecule has 6 heteroatoms. The van der Waals surface area contributed by atoms with Crippen LogP contribution in [0.3, 0.4) is 0 Å². The quantitative estimate of drug-likeness (QED) is 0.762. The minimum Gasteiger partial charge on any atom is -0.389 e. The van der Waals surface area contributed by atoms with Crippen molar-refractivity contribution in [2.45, 2.75) is 26.4 Å². The van der Waals surface area contributed by atoms with Gasteiger partial charge < -0.3 is 10.4 Å². The normalized spacial score (nSPS) is 11.4. The molecule has 0 unspecified atom stereocenters. The maximum atomic E-state index is 11.5. The van der Waals surface area contributed by atoms with E-state index in [1.165, 1.54) is 0 Å². The number of rotatable bonds is 3. The Morgan fingerprint density at radius 1 is 1.64 bits per heavy atom. The molecule has 1 aromatic heterocycles. The van der Waals surface area contributed by atoms with Crippen molar-refractivity contribution in [3.63, 3.8) is 0 Å². The summed E-state index contributed by atoms with van der Waals surface area (Å²) in [7, 11) is 0. The van der Waals surface area contributed by atoms with Crippen LogP contribution in [0.5, 0.6) is 0 Å². The second-order valence-electron chi connectivity index (χ2n) is 3.68. The van der Waals surface area contributed by atoms with Crippen molar-refractivity contribution in [3.8, 4) is 0 Å². The van der Waals surface area contributed by atoms with Gasteiger partial charge in [0.15, 0.2) is 0 Å². The number of nitrogens with one attached hydrogen (secondary N) is 1. The third-order valence-corrected chi connectivity index (χ3v) is 2.37. The summed E-state index contributed by atoms with van der Waals surface area (Å²) in [5.74, 6) is -0.236. The highest BCUT2D eigenvalue weighted by Gasteiger charge is 2.17. The van der Waals surface area contributed by atoms with Crippen LogP contribution in [0.1, 0.15) is 29.2 Å². The molecule has 0 atom stereocenters. The second kappa shape index (κ2) is 4.02. The summed E-state index contributed by atoms with van der Waals surface area (Å²) in [6.45, 7) is 5.20. The molecule has 0 radical (unpaired) electrons. The minimum atomic E-state index is -0.901. The largest absolute Gasteiger partial charge is 0.389 e. The first-order valence-corrected chi connectivity index (χ1v) is 4.97. The SMILES string of the molecule is Cc1nnsc1C(=O)NCC(C)(C)O. The topological polar surface area (TPSA) is 75.1 Å². The number of hydrogen-bond acceptors (Lipinski definition) is 5. The van der Waals surface area contributed by atoms with Gasteiger partial charge in [0.1, 0.15) is 4.88 Å². The highest BCUT2D eigenvalue weighted by atomic mass is 32.1. The van der Waals surface area contributed by atoms with Gasteiger partial charge in [-0.2, -0.15) is 0 Å². The molecule has 1 rings (SSSR count). The summed E-state index contributed by atoms with van der Waals surface area (Å²) < 4.78 is 3.66. The van der Waals surface area contributed by atoms with Gasteiger partial charge in [-0.15, -0.1) is 5.10 Å². The average Bonchev–Trinajstić information content (AvgIpc) is 2.46. The Balaban J connectivity index is 2.56. The lowest BCUT2D eigenvalue weighted by Gasteiger charge is -2.17. The van der Waals surface area contributed by atoms with Crippen LogP contribution in [0.2, 0.25) is 0 Å². The van der Waals surface area contributed by atoms with Gasteiger partial charge in [0.25, 0.3) is 5.91 Å². The lowest BCUT2D eigenvalue weighted by atomic mass is 10.1. The molecule has 0 aliphatic carbocycles. The molecule has 0 aromatic carbocycles. The Kier molecular flexibility index (Phi) is 3.17. The van der Waals surface area contributed by atoms with E-state index in [9.17, 15) is 9.90 Å². The molecule has 5 nitrogen and oxygen atoms in total. The fourth-order valence-electron chi connectivity index (χ4n) is 0.817. The Morgan fingerprint density at radius 3 is 2.71 bits per heavy atom. The van der Waals surface area contributed by atoms with Crippen molar-refractivity contribution in [3.05, 3.63) is 10.6 Å². The van der Waals surface area contributed by atoms with Crippen LogP contribution in [0.15, 0.2) is 0 Å². The van der Waals surface area contributed by atoms with Crippen molar-refractivity contribution in [2.75, 3.05) is 6.54 Å². The Hall–Kier alpha value is -1.01. The van der Waals surface area contributed by atoms with Crippen LogP contribution in [-0.4, -0.2) is 32.7 Å². The Bertz CT molecular complexity index is 330. The van der Waals surface area contributed by atoms with E-state index >= 15 is 0 Å². The van der Waals surface area contributed by atoms with Gasteiger partial charge in [-0.05, 0) is 32.3 Å². The van der Waals surface area contributed by atoms with Crippen LogP contribution in [0.25, 0.3) is 0 Å². The zero-order valence-corrected chi connectivity index (χ0v) is 9.18. The predicted octanol–water partition coefficient (Wildman–Crippen LogP) is 0.347. The van der Waals surface area contributed by atoms with Crippen LogP contribution in [0.4, 0.5) is 0 Å². The first kappa shape index (κ1) is 11.1. The molecule has 1 heterocycles. The highest BCUT2D eigenvalue weighted by Crippen LogP contribution is 2.08. The molecular weight excluding hydrogens is 202 g/mol. The summed E-state index contributed by atoms with van der Waals surface area (Å²) >= 11 is 1.05. The molecule has 0 spiro atoms. The monoisotopic (exact) mass is 215 g/mol. The van der Waals surface area contributed by atoms with Crippen molar-refractivity contribution >= 4 is 17.4 Å². The van der Waals surface area contributed by atoms with Crippen LogP contribution in [0, 0.1) is 6.92 Å². The average molecular weight is 215 g/mol. The summed E-state index contributed by atoms with van der Waals surface area (Å²) in [4.78, 5) is 12.0. The summed E-state index contributed by atoms with van der Waals surface area (Å²) in [6.07, 6.45) is 0. The molecule has 78 valence electrons. The van der Waals surface area contributed by atoms with E-state index in [2.05, 4.69) is 14.9 Å². The minimum absolute atomic E-state index is 0.211. The van der Waals surface area contributed by atoms with Gasteiger partial charge in [0, 0.05) is 6.54 Å². The fourth-order valence-corrected chi connectivity index (χ4v) is 1.39. The molecule has 0 saturated heterocycles. The van der Waals surface area contributed by atoms with E-state index in [-0.39, 0.29) is 12.5 Å². The van der Waals surface area contributed by atoms with Crippen LogP contribution in [-0.2, 0) is 0 Å². The second-order valence-corrected chi connectivity index (χ2v) is 4.44. The molecule has 0 aliphatic heterocycles. The molecule has 0 saturated carbocycles. The Morgan fingerprint density at radius 2 is 2.29 bits per heavy atom. The van der Waals surface area contributed by atoms with Gasteiger partial charge in [0.05, 0.1) is 11.3 Å². The lowest BCUT2D eigenvalue weighted by molar-refractivity contribution is 0.0696. The fraction of sp³-hybridized carbons (Fsp3) is 0.625. The van der Waals surface area contributed by atoms with Crippen LogP contribution < -0.4 is 5.32 Å². The lowest BCUT2D eigenvalue weighted by Crippen LogP contribution is -2.38. The summed E-state index contributed by atoms with van der Waals surface area (Å²) in [5.41, 5.74) is -0.287. The smallest absolute Gasteiger partial charge is 0.265 e. The third-order valence-electron chi connectivity index (χ3n) is 1.54. The van der Waals surface area contributed by atoms with E-state index < -0.39 is 5.60 Å². The predicted molar refractivity (Wildman–Crippen MR) is 53.3 cm³/mol. The van der Waals surface area contributed by atoms with E-state index in [0.29, 0.717) is 10.6 Å². The molecule has 0 bridgehead atoms. The van der Waals surface area contributed by atoms with Gasteiger partial charge >= 0.3 is 0 Å². The van der Waals surface area contributed by atoms with Gasteiger partial charge in [-0.25, -0.2) is 0 Å². The molecule has 2 N–H and O–H groups in total. The molecule has 1 aromatic rings. The number of aryl methyl sites for hydroxylation is 1. The number of amides is 1. The van der Waals surface area contributed by atoms with Gasteiger partial charge in [-0.3, -0.25) is 4.79 Å². The number of hydrogen-bond donors (Lipinski definition) is 2. The van der Waals surface area contributed by atoms with E-state index in [1.807, 2.05) is 0 Å². The van der Waals surface area contributed by atoms with Crippen LogP contribution >= 0.6 is 11.5 Å².